The molecule has 0 saturated heterocycles. The molecule has 78 valence electrons. The first-order chi connectivity index (χ1) is 6.65. The number of ether oxygens (including phenoxy) is 1. The van der Waals surface area contributed by atoms with Gasteiger partial charge in [-0.15, -0.1) is 5.10 Å². The number of esters is 1. The largest absolute Gasteiger partial charge is 0.459 e. The molecular weight excluding hydrogens is 224 g/mol. The molecule has 1 atom stereocenters. The molecule has 4 nitrogen and oxygen atoms in total. The van der Waals surface area contributed by atoms with E-state index in [4.69, 9.17) is 16.3 Å². The molecule has 0 bridgehead atoms. The molecule has 0 spiro atoms. The number of hydrogen-bond acceptors (Lipinski definition) is 5. The summed E-state index contributed by atoms with van der Waals surface area (Å²) in [4.78, 5) is 11.3. The van der Waals surface area contributed by atoms with Crippen molar-refractivity contribution in [3.63, 3.8) is 0 Å². The van der Waals surface area contributed by atoms with E-state index in [-0.39, 0.29) is 18.5 Å². The molecule has 0 saturated carbocycles. The molecule has 0 aliphatic heterocycles. The zero-order valence-corrected chi connectivity index (χ0v) is 9.56. The van der Waals surface area contributed by atoms with Gasteiger partial charge in [0.1, 0.15) is 16.6 Å². The molecule has 0 radical (unpaired) electrons. The Balaban J connectivity index is 2.41. The number of rotatable bonds is 4. The van der Waals surface area contributed by atoms with Gasteiger partial charge in [0.05, 0.1) is 5.92 Å². The van der Waals surface area contributed by atoms with Gasteiger partial charge in [0.2, 0.25) is 0 Å². The fraction of sp³-hybridized carbons (Fsp3) is 0.625. The van der Waals surface area contributed by atoms with E-state index in [9.17, 15) is 4.79 Å². The molecule has 0 N–H and O–H groups in total. The van der Waals surface area contributed by atoms with Crippen molar-refractivity contribution < 1.29 is 9.53 Å². The van der Waals surface area contributed by atoms with Crippen molar-refractivity contribution in [3.05, 3.63) is 10.0 Å². The summed E-state index contributed by atoms with van der Waals surface area (Å²) in [5.41, 5.74) is 0.522. The van der Waals surface area contributed by atoms with Crippen molar-refractivity contribution in [2.24, 2.45) is 5.92 Å². The third kappa shape index (κ3) is 2.92. The van der Waals surface area contributed by atoms with Gasteiger partial charge >= 0.3 is 5.97 Å². The van der Waals surface area contributed by atoms with Crippen LogP contribution in [0, 0.1) is 5.92 Å². The summed E-state index contributed by atoms with van der Waals surface area (Å²) in [5, 5.41) is 3.73. The van der Waals surface area contributed by atoms with Gasteiger partial charge in [-0.25, -0.2) is 0 Å². The van der Waals surface area contributed by atoms with Crippen molar-refractivity contribution in [3.8, 4) is 0 Å². The molecule has 1 aromatic heterocycles. The highest BCUT2D eigenvalue weighted by Gasteiger charge is 2.14. The lowest BCUT2D eigenvalue weighted by atomic mass is 10.1. The second kappa shape index (κ2) is 5.26. The van der Waals surface area contributed by atoms with Gasteiger partial charge < -0.3 is 4.74 Å². The molecule has 14 heavy (non-hydrogen) atoms. The minimum absolute atomic E-state index is 0.0830. The maximum atomic E-state index is 11.3. The van der Waals surface area contributed by atoms with Crippen LogP contribution in [0.1, 0.15) is 26.0 Å². The maximum absolute atomic E-state index is 11.3. The fourth-order valence-corrected chi connectivity index (χ4v) is 1.33. The summed E-state index contributed by atoms with van der Waals surface area (Å²) in [6.45, 7) is 3.87. The Kier molecular flexibility index (Phi) is 4.28. The lowest BCUT2D eigenvalue weighted by molar-refractivity contribution is -0.149. The maximum Gasteiger partial charge on any atom is 0.309 e. The number of nitrogens with zero attached hydrogens (tertiary/aromatic N) is 2. The quantitative estimate of drug-likeness (QED) is 0.750. The average Bonchev–Trinajstić information content (AvgIpc) is 2.59. The number of hydrogen-bond donors (Lipinski definition) is 0. The average molecular weight is 235 g/mol. The van der Waals surface area contributed by atoms with Gasteiger partial charge in [0.15, 0.2) is 0 Å². The monoisotopic (exact) mass is 234 g/mol. The normalized spacial score (nSPS) is 12.5. The van der Waals surface area contributed by atoms with Crippen molar-refractivity contribution in [2.45, 2.75) is 26.9 Å². The topological polar surface area (TPSA) is 52.1 Å². The van der Waals surface area contributed by atoms with Gasteiger partial charge in [-0.1, -0.05) is 29.9 Å². The van der Waals surface area contributed by atoms with Crippen LogP contribution in [-0.2, 0) is 16.1 Å². The van der Waals surface area contributed by atoms with Gasteiger partial charge in [0.25, 0.3) is 0 Å². The smallest absolute Gasteiger partial charge is 0.309 e. The first-order valence-corrected chi connectivity index (χ1v) is 5.43. The van der Waals surface area contributed by atoms with Crippen molar-refractivity contribution in [2.75, 3.05) is 0 Å². The number of carbonyl (C=O) groups excluding carboxylic acids is 1. The highest BCUT2D eigenvalue weighted by atomic mass is 35.5. The van der Waals surface area contributed by atoms with Crippen LogP contribution >= 0.6 is 23.1 Å². The van der Waals surface area contributed by atoms with E-state index < -0.39 is 0 Å². The first-order valence-electron chi connectivity index (χ1n) is 4.28. The third-order valence-corrected chi connectivity index (χ3v) is 2.86. The zero-order chi connectivity index (χ0) is 10.6. The number of halogens is 1. The summed E-state index contributed by atoms with van der Waals surface area (Å²) in [5.74, 6) is -0.308. The summed E-state index contributed by atoms with van der Waals surface area (Å²) in [6.07, 6.45) is 0.766. The van der Waals surface area contributed by atoms with Crippen LogP contribution in [0.5, 0.6) is 0 Å². The Hall–Kier alpha value is -0.680. The van der Waals surface area contributed by atoms with E-state index in [1.807, 2.05) is 13.8 Å². The molecule has 0 fully saturated rings. The predicted molar refractivity (Wildman–Crippen MR) is 54.2 cm³/mol. The third-order valence-electron chi connectivity index (χ3n) is 1.88. The van der Waals surface area contributed by atoms with E-state index in [0.717, 1.165) is 18.0 Å². The summed E-state index contributed by atoms with van der Waals surface area (Å²) in [7, 11) is 0. The molecule has 6 heteroatoms. The number of carbonyl (C=O) groups is 1. The zero-order valence-electron chi connectivity index (χ0n) is 7.99. The first kappa shape index (κ1) is 11.4. The van der Waals surface area contributed by atoms with Crippen molar-refractivity contribution >= 4 is 29.1 Å². The molecule has 0 aromatic carbocycles. The van der Waals surface area contributed by atoms with Crippen molar-refractivity contribution in [1.29, 1.82) is 0 Å². The lowest BCUT2D eigenvalue weighted by Crippen LogP contribution is -2.13. The van der Waals surface area contributed by atoms with E-state index in [0.29, 0.717) is 10.0 Å². The van der Waals surface area contributed by atoms with Gasteiger partial charge in [0, 0.05) is 11.5 Å². The predicted octanol–water partition coefficient (Wildman–Crippen LogP) is 2.28. The molecule has 0 amide bonds. The lowest BCUT2D eigenvalue weighted by Gasteiger charge is -2.07. The SMILES string of the molecule is CC[C@H](C)C(=O)OCc1nnsc1Cl. The molecule has 0 aliphatic rings. The van der Waals surface area contributed by atoms with E-state index >= 15 is 0 Å². The van der Waals surface area contributed by atoms with Crippen molar-refractivity contribution in [1.82, 2.24) is 9.59 Å². The highest BCUT2D eigenvalue weighted by molar-refractivity contribution is 7.10. The Bertz CT molecular complexity index is 316. The van der Waals surface area contributed by atoms with Gasteiger partial charge in [-0.2, -0.15) is 0 Å². The molecule has 1 heterocycles. The Morgan fingerprint density at radius 1 is 1.71 bits per heavy atom. The van der Waals surface area contributed by atoms with Gasteiger partial charge in [-0.3, -0.25) is 4.79 Å². The molecule has 0 aliphatic carbocycles. The Morgan fingerprint density at radius 2 is 2.43 bits per heavy atom. The fourth-order valence-electron chi connectivity index (χ4n) is 0.732. The minimum atomic E-state index is -0.225. The standard InChI is InChI=1S/C8H11ClN2O2S/c1-3-5(2)8(12)13-4-6-7(9)14-11-10-6/h5H,3-4H2,1-2H3/t5-/m0/s1. The minimum Gasteiger partial charge on any atom is -0.459 e. The van der Waals surface area contributed by atoms with Crippen LogP contribution < -0.4 is 0 Å². The summed E-state index contributed by atoms with van der Waals surface area (Å²) >= 11 is 6.82. The van der Waals surface area contributed by atoms with Crippen LogP contribution in [0.4, 0.5) is 0 Å². The second-order valence-electron chi connectivity index (χ2n) is 2.91. The van der Waals surface area contributed by atoms with Gasteiger partial charge in [-0.05, 0) is 6.42 Å². The Morgan fingerprint density at radius 3 is 2.93 bits per heavy atom. The van der Waals surface area contributed by atoms with Crippen LogP contribution in [0.2, 0.25) is 4.34 Å². The highest BCUT2D eigenvalue weighted by Crippen LogP contribution is 2.18. The summed E-state index contributed by atoms with van der Waals surface area (Å²) < 4.78 is 9.11. The van der Waals surface area contributed by atoms with Crippen LogP contribution in [-0.4, -0.2) is 15.6 Å². The van der Waals surface area contributed by atoms with Crippen LogP contribution in [0.3, 0.4) is 0 Å². The summed E-state index contributed by atoms with van der Waals surface area (Å²) in [6, 6.07) is 0. The number of aromatic nitrogens is 2. The molecule has 1 rings (SSSR count). The molecule has 1 aromatic rings. The Labute approximate surface area is 91.4 Å². The van der Waals surface area contributed by atoms with Crippen LogP contribution in [0.25, 0.3) is 0 Å². The van der Waals surface area contributed by atoms with E-state index in [1.54, 1.807) is 0 Å². The second-order valence-corrected chi connectivity index (χ2v) is 4.27. The molecule has 0 unspecified atom stereocenters. The van der Waals surface area contributed by atoms with Crippen LogP contribution in [0.15, 0.2) is 0 Å². The molecular formula is C8H11ClN2O2S. The van der Waals surface area contributed by atoms with E-state index in [2.05, 4.69) is 9.59 Å². The van der Waals surface area contributed by atoms with E-state index in [1.165, 1.54) is 0 Å².